The molecule has 2 N–H and O–H groups in total. The Bertz CT molecular complexity index is 624. The Kier molecular flexibility index (Phi) is 6.01. The molecule has 0 amide bonds. The molecule has 0 spiro atoms. The van der Waals surface area contributed by atoms with Crippen LogP contribution >= 0.6 is 0 Å². The zero-order chi connectivity index (χ0) is 21.0. The van der Waals surface area contributed by atoms with Crippen molar-refractivity contribution < 1.29 is 10.2 Å². The first-order chi connectivity index (χ1) is 13.7. The SMILES string of the molecule is CC(C)CCC[C@@H](C)[C@H]1CC[C@H]2[C@@H]3CC=C4C[C@@H](O)C(O)C[C@]4(C)[C@H]3CC[C@]12C. The molecule has 0 bridgehead atoms. The van der Waals surface area contributed by atoms with Gasteiger partial charge < -0.3 is 10.2 Å². The van der Waals surface area contributed by atoms with E-state index in [1.165, 1.54) is 56.9 Å². The lowest BCUT2D eigenvalue weighted by molar-refractivity contribution is -0.0889. The van der Waals surface area contributed by atoms with Crippen LogP contribution in [0.2, 0.25) is 0 Å². The van der Waals surface area contributed by atoms with Crippen molar-refractivity contribution in [1.29, 1.82) is 0 Å². The van der Waals surface area contributed by atoms with Gasteiger partial charge in [0.25, 0.3) is 0 Å². The van der Waals surface area contributed by atoms with Crippen LogP contribution in [-0.2, 0) is 0 Å². The van der Waals surface area contributed by atoms with Gasteiger partial charge in [0.1, 0.15) is 0 Å². The van der Waals surface area contributed by atoms with E-state index in [0.29, 0.717) is 17.8 Å². The Labute approximate surface area is 179 Å². The lowest BCUT2D eigenvalue weighted by Gasteiger charge is -2.59. The summed E-state index contributed by atoms with van der Waals surface area (Å²) in [6.07, 6.45) is 13.8. The van der Waals surface area contributed by atoms with Crippen molar-refractivity contribution in [3.05, 3.63) is 11.6 Å². The van der Waals surface area contributed by atoms with Crippen LogP contribution < -0.4 is 0 Å². The molecule has 29 heavy (non-hydrogen) atoms. The van der Waals surface area contributed by atoms with Crippen LogP contribution in [0.1, 0.15) is 98.8 Å². The molecule has 4 aliphatic carbocycles. The zero-order valence-electron chi connectivity index (χ0n) is 19.7. The van der Waals surface area contributed by atoms with E-state index in [9.17, 15) is 10.2 Å². The second-order valence-corrected chi connectivity index (χ2v) is 12.3. The molecule has 0 aliphatic heterocycles. The minimum absolute atomic E-state index is 0.115. The standard InChI is InChI=1S/C27H46O2/c1-17(2)7-6-8-18(3)21-11-12-22-20-10-9-19-15-24(28)25(29)16-27(19,5)23(20)13-14-26(21,22)4/h9,17-18,20-25,28-29H,6-8,10-16H2,1-5H3/t18-,20+,21-,22+,23+,24-,25?,26-,27+/m1/s1. The van der Waals surface area contributed by atoms with E-state index in [1.807, 2.05) is 0 Å². The molecule has 0 aromatic carbocycles. The minimum atomic E-state index is -0.553. The van der Waals surface area contributed by atoms with Gasteiger partial charge in [-0.05, 0) is 91.3 Å². The van der Waals surface area contributed by atoms with Crippen molar-refractivity contribution in [3.63, 3.8) is 0 Å². The summed E-state index contributed by atoms with van der Waals surface area (Å²) in [4.78, 5) is 0. The third-order valence-corrected chi connectivity index (χ3v) is 10.3. The lowest BCUT2D eigenvalue weighted by Crippen LogP contribution is -2.53. The molecule has 0 aromatic heterocycles. The van der Waals surface area contributed by atoms with Gasteiger partial charge in [-0.1, -0.05) is 65.5 Å². The van der Waals surface area contributed by atoms with Gasteiger partial charge in [-0.3, -0.25) is 0 Å². The van der Waals surface area contributed by atoms with E-state index in [4.69, 9.17) is 0 Å². The average molecular weight is 403 g/mol. The number of aliphatic hydroxyl groups is 2. The molecule has 1 unspecified atom stereocenters. The molecule has 9 atom stereocenters. The first-order valence-corrected chi connectivity index (χ1v) is 12.7. The van der Waals surface area contributed by atoms with Crippen LogP contribution in [0.3, 0.4) is 0 Å². The van der Waals surface area contributed by atoms with Crippen molar-refractivity contribution in [3.8, 4) is 0 Å². The monoisotopic (exact) mass is 402 g/mol. The second kappa shape index (κ2) is 7.97. The lowest BCUT2D eigenvalue weighted by atomic mass is 9.46. The third kappa shape index (κ3) is 3.65. The van der Waals surface area contributed by atoms with Crippen LogP contribution in [0.15, 0.2) is 11.6 Å². The minimum Gasteiger partial charge on any atom is -0.390 e. The number of aliphatic hydroxyl groups excluding tert-OH is 2. The van der Waals surface area contributed by atoms with E-state index in [0.717, 1.165) is 36.0 Å². The van der Waals surface area contributed by atoms with Gasteiger partial charge in [-0.15, -0.1) is 0 Å². The highest BCUT2D eigenvalue weighted by atomic mass is 16.3. The number of hydrogen-bond acceptors (Lipinski definition) is 2. The smallest absolute Gasteiger partial charge is 0.0836 e. The summed E-state index contributed by atoms with van der Waals surface area (Å²) >= 11 is 0. The quantitative estimate of drug-likeness (QED) is 0.525. The highest BCUT2D eigenvalue weighted by Crippen LogP contribution is 2.67. The summed E-state index contributed by atoms with van der Waals surface area (Å²) in [6, 6.07) is 0. The van der Waals surface area contributed by atoms with Crippen LogP contribution in [-0.4, -0.2) is 22.4 Å². The van der Waals surface area contributed by atoms with Gasteiger partial charge >= 0.3 is 0 Å². The van der Waals surface area contributed by atoms with E-state index in [1.54, 1.807) is 0 Å². The fourth-order valence-electron chi connectivity index (χ4n) is 8.71. The number of fused-ring (bicyclic) bond motifs is 5. The van der Waals surface area contributed by atoms with Crippen molar-refractivity contribution >= 4 is 0 Å². The Hall–Kier alpha value is -0.340. The summed E-state index contributed by atoms with van der Waals surface area (Å²) in [5.41, 5.74) is 2.09. The molecule has 2 heteroatoms. The predicted octanol–water partition coefficient (Wildman–Crippen LogP) is 6.36. The highest BCUT2D eigenvalue weighted by molar-refractivity contribution is 5.26. The van der Waals surface area contributed by atoms with Crippen LogP contribution in [0.25, 0.3) is 0 Å². The molecule has 2 nitrogen and oxygen atoms in total. The van der Waals surface area contributed by atoms with E-state index < -0.39 is 12.2 Å². The molecule has 0 saturated heterocycles. The summed E-state index contributed by atoms with van der Waals surface area (Å²) < 4.78 is 0. The molecule has 4 rings (SSSR count). The first-order valence-electron chi connectivity index (χ1n) is 12.7. The number of rotatable bonds is 5. The summed E-state index contributed by atoms with van der Waals surface area (Å²) in [7, 11) is 0. The number of allylic oxidation sites excluding steroid dienone is 1. The maximum absolute atomic E-state index is 10.5. The molecule has 4 aliphatic rings. The number of hydrogen-bond donors (Lipinski definition) is 2. The third-order valence-electron chi connectivity index (χ3n) is 10.3. The molecule has 0 heterocycles. The zero-order valence-corrected chi connectivity index (χ0v) is 19.7. The summed E-state index contributed by atoms with van der Waals surface area (Å²) in [6.45, 7) is 12.3. The van der Waals surface area contributed by atoms with E-state index >= 15 is 0 Å². The molecule has 0 radical (unpaired) electrons. The Balaban J connectivity index is 1.50. The van der Waals surface area contributed by atoms with Crippen LogP contribution in [0.5, 0.6) is 0 Å². The largest absolute Gasteiger partial charge is 0.390 e. The van der Waals surface area contributed by atoms with Gasteiger partial charge in [0.15, 0.2) is 0 Å². The van der Waals surface area contributed by atoms with Crippen molar-refractivity contribution in [2.75, 3.05) is 0 Å². The predicted molar refractivity (Wildman–Crippen MR) is 120 cm³/mol. The molecule has 0 aromatic rings. The molecule has 3 fully saturated rings. The topological polar surface area (TPSA) is 40.5 Å². The molecular formula is C27H46O2. The fraction of sp³-hybridized carbons (Fsp3) is 0.926. The average Bonchev–Trinajstić information content (AvgIpc) is 3.00. The summed E-state index contributed by atoms with van der Waals surface area (Å²) in [5, 5.41) is 20.7. The van der Waals surface area contributed by atoms with Crippen molar-refractivity contribution in [2.45, 2.75) is 111 Å². The molecular weight excluding hydrogens is 356 g/mol. The Morgan fingerprint density at radius 1 is 1.00 bits per heavy atom. The van der Waals surface area contributed by atoms with Gasteiger partial charge in [-0.2, -0.15) is 0 Å². The second-order valence-electron chi connectivity index (χ2n) is 12.3. The van der Waals surface area contributed by atoms with Crippen molar-refractivity contribution in [1.82, 2.24) is 0 Å². The Morgan fingerprint density at radius 2 is 1.76 bits per heavy atom. The van der Waals surface area contributed by atoms with E-state index in [-0.39, 0.29) is 5.41 Å². The van der Waals surface area contributed by atoms with Crippen LogP contribution in [0.4, 0.5) is 0 Å². The summed E-state index contributed by atoms with van der Waals surface area (Å²) in [5.74, 6) is 4.95. The van der Waals surface area contributed by atoms with E-state index in [2.05, 4.69) is 40.7 Å². The first kappa shape index (κ1) is 21.9. The van der Waals surface area contributed by atoms with Gasteiger partial charge in [-0.25, -0.2) is 0 Å². The maximum Gasteiger partial charge on any atom is 0.0836 e. The molecule has 3 saturated carbocycles. The van der Waals surface area contributed by atoms with Gasteiger partial charge in [0.2, 0.25) is 0 Å². The molecule has 166 valence electrons. The fourth-order valence-corrected chi connectivity index (χ4v) is 8.71. The Morgan fingerprint density at radius 3 is 2.48 bits per heavy atom. The van der Waals surface area contributed by atoms with Gasteiger partial charge in [0.05, 0.1) is 12.2 Å². The van der Waals surface area contributed by atoms with Crippen molar-refractivity contribution in [2.24, 2.45) is 46.3 Å². The normalized spacial score (nSPS) is 47.9. The van der Waals surface area contributed by atoms with Crippen LogP contribution in [0, 0.1) is 46.3 Å². The maximum atomic E-state index is 10.5. The highest BCUT2D eigenvalue weighted by Gasteiger charge is 2.59. The van der Waals surface area contributed by atoms with Gasteiger partial charge in [0, 0.05) is 0 Å².